The minimum absolute atomic E-state index is 0.0205. The molecule has 1 fully saturated rings. The van der Waals surface area contributed by atoms with E-state index in [9.17, 15) is 19.5 Å². The molecule has 3 N–H and O–H groups in total. The molecule has 3 atom stereocenters. The highest BCUT2D eigenvalue weighted by Crippen LogP contribution is 2.18. The molecule has 0 bridgehead atoms. The number of rotatable bonds is 4. The van der Waals surface area contributed by atoms with Gasteiger partial charge in [-0.1, -0.05) is 13.8 Å². The van der Waals surface area contributed by atoms with Gasteiger partial charge in [0.2, 0.25) is 0 Å². The second-order valence-electron chi connectivity index (χ2n) is 5.09. The second-order valence-corrected chi connectivity index (χ2v) is 5.09. The normalized spacial score (nSPS) is 23.6. The molecule has 8 heteroatoms. The van der Waals surface area contributed by atoms with Crippen molar-refractivity contribution in [1.82, 2.24) is 10.2 Å². The van der Waals surface area contributed by atoms with Crippen LogP contribution in [0.5, 0.6) is 0 Å². The Bertz CT molecular complexity index is 397. The molecule has 20 heavy (non-hydrogen) atoms. The van der Waals surface area contributed by atoms with E-state index in [0.29, 0.717) is 0 Å². The molecule has 1 saturated heterocycles. The molecule has 1 heterocycles. The summed E-state index contributed by atoms with van der Waals surface area (Å²) in [6.07, 6.45) is -0.898. The van der Waals surface area contributed by atoms with Gasteiger partial charge >= 0.3 is 18.0 Å². The predicted molar refractivity (Wildman–Crippen MR) is 67.9 cm³/mol. The van der Waals surface area contributed by atoms with Crippen molar-refractivity contribution in [3.8, 4) is 0 Å². The first-order chi connectivity index (χ1) is 9.27. The smallest absolute Gasteiger partial charge is 0.328 e. The van der Waals surface area contributed by atoms with E-state index in [-0.39, 0.29) is 18.9 Å². The maximum Gasteiger partial charge on any atom is 0.328 e. The number of amides is 2. The molecule has 1 aliphatic rings. The first-order valence-corrected chi connectivity index (χ1v) is 6.33. The van der Waals surface area contributed by atoms with E-state index >= 15 is 0 Å². The largest absolute Gasteiger partial charge is 0.480 e. The third-order valence-electron chi connectivity index (χ3n) is 3.23. The van der Waals surface area contributed by atoms with Crippen molar-refractivity contribution < 1.29 is 29.3 Å². The molecule has 0 aromatic rings. The molecule has 0 spiro atoms. The van der Waals surface area contributed by atoms with E-state index in [1.54, 1.807) is 13.8 Å². The number of hydrogen-bond acceptors (Lipinski definition) is 5. The highest BCUT2D eigenvalue weighted by atomic mass is 16.5. The van der Waals surface area contributed by atoms with Gasteiger partial charge in [0.25, 0.3) is 0 Å². The van der Waals surface area contributed by atoms with Gasteiger partial charge in [-0.05, 0) is 5.92 Å². The van der Waals surface area contributed by atoms with Gasteiger partial charge in [0.05, 0.1) is 13.2 Å². The molecule has 2 amide bonds. The van der Waals surface area contributed by atoms with Gasteiger partial charge in [-0.3, -0.25) is 0 Å². The second kappa shape index (κ2) is 6.56. The Labute approximate surface area is 116 Å². The van der Waals surface area contributed by atoms with Crippen LogP contribution in [0, 0.1) is 5.92 Å². The number of carboxylic acid groups (broad SMARTS) is 1. The standard InChI is InChI=1S/C12H20N2O6/c1-6(2)9(11(18)20-3)13-12(19)14-5-7(15)4-8(14)10(16)17/h6-9,15H,4-5H2,1-3H3,(H,13,19)(H,16,17). The van der Waals surface area contributed by atoms with Gasteiger partial charge in [-0.2, -0.15) is 0 Å². The first-order valence-electron chi connectivity index (χ1n) is 6.33. The summed E-state index contributed by atoms with van der Waals surface area (Å²) in [5.41, 5.74) is 0. The van der Waals surface area contributed by atoms with E-state index in [1.165, 1.54) is 7.11 Å². The lowest BCUT2D eigenvalue weighted by Crippen LogP contribution is -2.53. The van der Waals surface area contributed by atoms with Crippen LogP contribution in [0.15, 0.2) is 0 Å². The summed E-state index contributed by atoms with van der Waals surface area (Å²) in [6.45, 7) is 3.39. The highest BCUT2D eigenvalue weighted by molar-refractivity contribution is 5.87. The van der Waals surface area contributed by atoms with Crippen LogP contribution in [0.3, 0.4) is 0 Å². The fourth-order valence-corrected chi connectivity index (χ4v) is 2.11. The van der Waals surface area contributed by atoms with Gasteiger partial charge in [0.15, 0.2) is 0 Å². The van der Waals surface area contributed by atoms with E-state index < -0.39 is 36.2 Å². The highest BCUT2D eigenvalue weighted by Gasteiger charge is 2.40. The first kappa shape index (κ1) is 16.2. The number of carboxylic acids is 1. The molecule has 0 saturated carbocycles. The zero-order chi connectivity index (χ0) is 15.4. The predicted octanol–water partition coefficient (Wildman–Crippen LogP) is -0.587. The van der Waals surface area contributed by atoms with Crippen LogP contribution in [0.1, 0.15) is 20.3 Å². The van der Waals surface area contributed by atoms with E-state index in [2.05, 4.69) is 10.1 Å². The molecule has 0 aliphatic carbocycles. The Morgan fingerprint density at radius 1 is 1.35 bits per heavy atom. The number of nitrogens with zero attached hydrogens (tertiary/aromatic N) is 1. The topological polar surface area (TPSA) is 116 Å². The van der Waals surface area contributed by atoms with Crippen molar-refractivity contribution >= 4 is 18.0 Å². The van der Waals surface area contributed by atoms with Crippen LogP contribution in [-0.4, -0.2) is 64.9 Å². The lowest BCUT2D eigenvalue weighted by molar-refractivity contribution is -0.144. The Kier molecular flexibility index (Phi) is 5.32. The quantitative estimate of drug-likeness (QED) is 0.596. The Morgan fingerprint density at radius 3 is 2.40 bits per heavy atom. The van der Waals surface area contributed by atoms with Gasteiger partial charge < -0.3 is 25.2 Å². The Hall–Kier alpha value is -1.83. The number of urea groups is 1. The van der Waals surface area contributed by atoms with Crippen molar-refractivity contribution in [1.29, 1.82) is 0 Å². The summed E-state index contributed by atoms with van der Waals surface area (Å²) in [4.78, 5) is 35.7. The van der Waals surface area contributed by atoms with Crippen molar-refractivity contribution in [2.75, 3.05) is 13.7 Å². The van der Waals surface area contributed by atoms with Crippen LogP contribution >= 0.6 is 0 Å². The fraction of sp³-hybridized carbons (Fsp3) is 0.750. The summed E-state index contributed by atoms with van der Waals surface area (Å²) in [6, 6.07) is -2.65. The number of carbonyl (C=O) groups excluding carboxylic acids is 2. The average Bonchev–Trinajstić information content (AvgIpc) is 2.76. The number of aliphatic hydroxyl groups excluding tert-OH is 1. The van der Waals surface area contributed by atoms with Crippen molar-refractivity contribution in [3.63, 3.8) is 0 Å². The maximum absolute atomic E-state index is 12.1. The number of methoxy groups -OCH3 is 1. The third kappa shape index (κ3) is 3.60. The molecular formula is C12H20N2O6. The number of ether oxygens (including phenoxy) is 1. The van der Waals surface area contributed by atoms with Gasteiger partial charge in [-0.15, -0.1) is 0 Å². The number of nitrogens with one attached hydrogen (secondary N) is 1. The molecule has 0 aromatic carbocycles. The van der Waals surface area contributed by atoms with Crippen LogP contribution < -0.4 is 5.32 Å². The van der Waals surface area contributed by atoms with E-state index in [4.69, 9.17) is 5.11 Å². The number of likely N-dealkylation sites (tertiary alicyclic amines) is 1. The molecular weight excluding hydrogens is 268 g/mol. The van der Waals surface area contributed by atoms with Crippen molar-refractivity contribution in [2.24, 2.45) is 5.92 Å². The Morgan fingerprint density at radius 2 is 1.95 bits per heavy atom. The average molecular weight is 288 g/mol. The SMILES string of the molecule is COC(=O)C(NC(=O)N1CC(O)CC1C(=O)O)C(C)C. The van der Waals surface area contributed by atoms with Crippen molar-refractivity contribution in [3.05, 3.63) is 0 Å². The number of hydrogen-bond donors (Lipinski definition) is 3. The number of esters is 1. The molecule has 0 radical (unpaired) electrons. The molecule has 8 nitrogen and oxygen atoms in total. The van der Waals surface area contributed by atoms with Crippen LogP contribution in [-0.2, 0) is 14.3 Å². The van der Waals surface area contributed by atoms with Crippen LogP contribution in [0.4, 0.5) is 4.79 Å². The summed E-state index contributed by atoms with van der Waals surface area (Å²) in [7, 11) is 1.21. The van der Waals surface area contributed by atoms with Crippen LogP contribution in [0.2, 0.25) is 0 Å². The van der Waals surface area contributed by atoms with Crippen molar-refractivity contribution in [2.45, 2.75) is 38.5 Å². The van der Waals surface area contributed by atoms with Crippen LogP contribution in [0.25, 0.3) is 0 Å². The minimum atomic E-state index is -1.18. The lowest BCUT2D eigenvalue weighted by atomic mass is 10.1. The zero-order valence-corrected chi connectivity index (χ0v) is 11.7. The fourth-order valence-electron chi connectivity index (χ4n) is 2.11. The minimum Gasteiger partial charge on any atom is -0.480 e. The third-order valence-corrected chi connectivity index (χ3v) is 3.23. The number of β-amino-alcohol motifs (C(OH)–C–C–N with tert-alkyl or cyclic N) is 1. The van der Waals surface area contributed by atoms with E-state index in [0.717, 1.165) is 4.90 Å². The number of aliphatic hydroxyl groups is 1. The molecule has 3 unspecified atom stereocenters. The summed E-state index contributed by atoms with van der Waals surface area (Å²) in [5.74, 6) is -1.99. The number of aliphatic carboxylic acids is 1. The van der Waals surface area contributed by atoms with Gasteiger partial charge in [-0.25, -0.2) is 14.4 Å². The molecule has 0 aromatic heterocycles. The number of carbonyl (C=O) groups is 3. The summed E-state index contributed by atoms with van der Waals surface area (Å²) in [5, 5.41) is 21.0. The van der Waals surface area contributed by atoms with E-state index in [1.807, 2.05) is 0 Å². The molecule has 1 rings (SSSR count). The molecule has 1 aliphatic heterocycles. The Balaban J connectivity index is 2.78. The van der Waals surface area contributed by atoms with Gasteiger partial charge in [0.1, 0.15) is 12.1 Å². The monoisotopic (exact) mass is 288 g/mol. The summed E-state index contributed by atoms with van der Waals surface area (Å²) >= 11 is 0. The molecule has 114 valence electrons. The summed E-state index contributed by atoms with van der Waals surface area (Å²) < 4.78 is 4.59. The van der Waals surface area contributed by atoms with Gasteiger partial charge in [0, 0.05) is 13.0 Å². The lowest BCUT2D eigenvalue weighted by Gasteiger charge is -2.26. The zero-order valence-electron chi connectivity index (χ0n) is 11.7. The maximum atomic E-state index is 12.1.